The van der Waals surface area contributed by atoms with Crippen molar-refractivity contribution in [1.29, 1.82) is 0 Å². The Labute approximate surface area is 65.5 Å². The van der Waals surface area contributed by atoms with Crippen LogP contribution in [0.4, 0.5) is 0 Å². The SMILES string of the molecule is CCOC(=O)[C@H](C)C(N)=S. The number of carbonyl (C=O) groups is 1. The molecule has 0 aromatic carbocycles. The molecule has 58 valence electrons. The summed E-state index contributed by atoms with van der Waals surface area (Å²) in [5.74, 6) is -0.815. The molecule has 0 aliphatic rings. The molecular weight excluding hydrogens is 150 g/mol. The largest absolute Gasteiger partial charge is 0.465 e. The molecule has 0 radical (unpaired) electrons. The highest BCUT2D eigenvalue weighted by Crippen LogP contribution is 1.97. The van der Waals surface area contributed by atoms with Crippen molar-refractivity contribution in [1.82, 2.24) is 0 Å². The second-order valence-electron chi connectivity index (χ2n) is 1.88. The van der Waals surface area contributed by atoms with E-state index in [1.807, 2.05) is 0 Å². The summed E-state index contributed by atoms with van der Waals surface area (Å²) < 4.78 is 4.66. The first-order valence-corrected chi connectivity index (χ1v) is 3.46. The van der Waals surface area contributed by atoms with Crippen LogP contribution in [-0.2, 0) is 9.53 Å². The molecule has 0 spiro atoms. The first kappa shape index (κ1) is 9.36. The Bertz CT molecular complexity index is 147. The van der Waals surface area contributed by atoms with Gasteiger partial charge in [-0.3, -0.25) is 4.79 Å². The molecule has 0 aromatic heterocycles. The topological polar surface area (TPSA) is 52.3 Å². The van der Waals surface area contributed by atoms with Crippen LogP contribution in [0, 0.1) is 5.92 Å². The molecule has 2 N–H and O–H groups in total. The van der Waals surface area contributed by atoms with E-state index in [0.29, 0.717) is 6.61 Å². The Morgan fingerprint density at radius 3 is 2.60 bits per heavy atom. The van der Waals surface area contributed by atoms with E-state index < -0.39 is 5.92 Å². The predicted octanol–water partition coefficient (Wildman–Crippen LogP) is 0.472. The summed E-state index contributed by atoms with van der Waals surface area (Å²) >= 11 is 4.59. The maximum atomic E-state index is 10.8. The van der Waals surface area contributed by atoms with Gasteiger partial charge in [-0.05, 0) is 13.8 Å². The fourth-order valence-corrected chi connectivity index (χ4v) is 0.480. The zero-order chi connectivity index (χ0) is 8.15. The van der Waals surface area contributed by atoms with E-state index in [1.165, 1.54) is 0 Å². The van der Waals surface area contributed by atoms with Gasteiger partial charge >= 0.3 is 5.97 Å². The molecule has 0 aliphatic carbocycles. The summed E-state index contributed by atoms with van der Waals surface area (Å²) in [5, 5.41) is 0. The minimum absolute atomic E-state index is 0.179. The first-order valence-electron chi connectivity index (χ1n) is 3.05. The Hall–Kier alpha value is -0.640. The second-order valence-corrected chi connectivity index (χ2v) is 2.35. The van der Waals surface area contributed by atoms with E-state index >= 15 is 0 Å². The predicted molar refractivity (Wildman–Crippen MR) is 42.6 cm³/mol. The van der Waals surface area contributed by atoms with Gasteiger partial charge in [0.1, 0.15) is 5.92 Å². The van der Waals surface area contributed by atoms with Gasteiger partial charge < -0.3 is 10.5 Å². The molecule has 0 heterocycles. The average molecular weight is 161 g/mol. The number of hydrogen-bond acceptors (Lipinski definition) is 3. The van der Waals surface area contributed by atoms with Crippen LogP contribution in [0.15, 0.2) is 0 Å². The Morgan fingerprint density at radius 2 is 2.30 bits per heavy atom. The van der Waals surface area contributed by atoms with Crippen molar-refractivity contribution in [3.8, 4) is 0 Å². The normalized spacial score (nSPS) is 12.2. The lowest BCUT2D eigenvalue weighted by molar-refractivity contribution is -0.144. The van der Waals surface area contributed by atoms with Crippen molar-refractivity contribution >= 4 is 23.2 Å². The molecule has 4 heteroatoms. The Kier molecular flexibility index (Phi) is 3.95. The fourth-order valence-electron chi connectivity index (χ4n) is 0.383. The number of ether oxygens (including phenoxy) is 1. The molecule has 0 saturated carbocycles. The van der Waals surface area contributed by atoms with E-state index in [-0.39, 0.29) is 11.0 Å². The highest BCUT2D eigenvalue weighted by atomic mass is 32.1. The first-order chi connectivity index (χ1) is 4.59. The number of thiocarbonyl (C=S) groups is 1. The maximum Gasteiger partial charge on any atom is 0.315 e. The van der Waals surface area contributed by atoms with E-state index in [0.717, 1.165) is 0 Å². The lowest BCUT2D eigenvalue weighted by atomic mass is 10.2. The summed E-state index contributed by atoms with van der Waals surface area (Å²) in [6.07, 6.45) is 0. The molecule has 0 aliphatic heterocycles. The third kappa shape index (κ3) is 2.77. The maximum absolute atomic E-state index is 10.8. The number of carbonyl (C=O) groups excluding carboxylic acids is 1. The van der Waals surface area contributed by atoms with Crippen LogP contribution >= 0.6 is 12.2 Å². The summed E-state index contributed by atoms with van der Waals surface area (Å²) in [5.41, 5.74) is 5.20. The molecule has 3 nitrogen and oxygen atoms in total. The molecule has 0 amide bonds. The zero-order valence-corrected chi connectivity index (χ0v) is 6.90. The van der Waals surface area contributed by atoms with Gasteiger partial charge in [-0.25, -0.2) is 0 Å². The second kappa shape index (κ2) is 4.22. The van der Waals surface area contributed by atoms with Crippen LogP contribution < -0.4 is 5.73 Å². The molecule has 1 atom stereocenters. The van der Waals surface area contributed by atoms with Gasteiger partial charge in [0.2, 0.25) is 0 Å². The summed E-state index contributed by atoms with van der Waals surface area (Å²) in [6, 6.07) is 0. The monoisotopic (exact) mass is 161 g/mol. The molecule has 0 rings (SSSR count). The van der Waals surface area contributed by atoms with E-state index in [1.54, 1.807) is 13.8 Å². The molecule has 0 aromatic rings. The standard InChI is InChI=1S/C6H11NO2S/c1-3-9-6(8)4(2)5(7)10/h4H,3H2,1-2H3,(H2,7,10)/t4-/m1/s1. The number of rotatable bonds is 3. The smallest absolute Gasteiger partial charge is 0.315 e. The summed E-state index contributed by atoms with van der Waals surface area (Å²) in [6.45, 7) is 3.73. The fraction of sp³-hybridized carbons (Fsp3) is 0.667. The highest BCUT2D eigenvalue weighted by Gasteiger charge is 2.15. The molecule has 0 bridgehead atoms. The summed E-state index contributed by atoms with van der Waals surface area (Å²) in [7, 11) is 0. The van der Waals surface area contributed by atoms with Gasteiger partial charge in [-0.15, -0.1) is 0 Å². The van der Waals surface area contributed by atoms with Gasteiger partial charge in [0.25, 0.3) is 0 Å². The van der Waals surface area contributed by atoms with Crippen molar-refractivity contribution in [3.63, 3.8) is 0 Å². The Morgan fingerprint density at radius 1 is 1.80 bits per heavy atom. The van der Waals surface area contributed by atoms with Crippen LogP contribution in [-0.4, -0.2) is 17.6 Å². The quantitative estimate of drug-likeness (QED) is 0.483. The van der Waals surface area contributed by atoms with E-state index in [2.05, 4.69) is 17.0 Å². The summed E-state index contributed by atoms with van der Waals surface area (Å²) in [4.78, 5) is 11.0. The van der Waals surface area contributed by atoms with Crippen molar-refractivity contribution in [3.05, 3.63) is 0 Å². The minimum atomic E-state index is -0.463. The van der Waals surface area contributed by atoms with Gasteiger partial charge in [0, 0.05) is 0 Å². The number of nitrogens with two attached hydrogens (primary N) is 1. The van der Waals surface area contributed by atoms with Gasteiger partial charge in [-0.1, -0.05) is 12.2 Å². The number of esters is 1. The molecule has 0 unspecified atom stereocenters. The van der Waals surface area contributed by atoms with Gasteiger partial charge in [0.05, 0.1) is 11.6 Å². The van der Waals surface area contributed by atoms with Gasteiger partial charge in [-0.2, -0.15) is 0 Å². The van der Waals surface area contributed by atoms with Crippen LogP contribution in [0.25, 0.3) is 0 Å². The Balaban J connectivity index is 3.82. The number of hydrogen-bond donors (Lipinski definition) is 1. The zero-order valence-electron chi connectivity index (χ0n) is 6.09. The van der Waals surface area contributed by atoms with Gasteiger partial charge in [0.15, 0.2) is 0 Å². The molecule has 0 fully saturated rings. The highest BCUT2D eigenvalue weighted by molar-refractivity contribution is 7.80. The minimum Gasteiger partial charge on any atom is -0.465 e. The van der Waals surface area contributed by atoms with Crippen LogP contribution in [0.2, 0.25) is 0 Å². The average Bonchev–Trinajstić information content (AvgIpc) is 1.87. The lowest BCUT2D eigenvalue weighted by Gasteiger charge is -2.06. The third-order valence-electron chi connectivity index (χ3n) is 1.07. The van der Waals surface area contributed by atoms with Crippen molar-refractivity contribution in [2.24, 2.45) is 11.7 Å². The van der Waals surface area contributed by atoms with Crippen molar-refractivity contribution in [2.45, 2.75) is 13.8 Å². The van der Waals surface area contributed by atoms with Crippen molar-refractivity contribution < 1.29 is 9.53 Å². The van der Waals surface area contributed by atoms with Crippen LogP contribution in [0.3, 0.4) is 0 Å². The van der Waals surface area contributed by atoms with Crippen molar-refractivity contribution in [2.75, 3.05) is 6.61 Å². The molecule has 10 heavy (non-hydrogen) atoms. The van der Waals surface area contributed by atoms with E-state index in [4.69, 9.17) is 5.73 Å². The van der Waals surface area contributed by atoms with Crippen LogP contribution in [0.1, 0.15) is 13.8 Å². The molecule has 0 saturated heterocycles. The third-order valence-corrected chi connectivity index (χ3v) is 1.42. The molecular formula is C6H11NO2S. The van der Waals surface area contributed by atoms with E-state index in [9.17, 15) is 4.79 Å². The van der Waals surface area contributed by atoms with Crippen LogP contribution in [0.5, 0.6) is 0 Å². The lowest BCUT2D eigenvalue weighted by Crippen LogP contribution is -2.27.